The Hall–Kier alpha value is -2.17. The standard InChI is InChI=1S/C17H13Cl2N3O/c1-11-2-4-12(5-3-11)16-9-22(21-20-16)10-17(23)14-7-6-13(18)8-15(14)19/h2-9H,10H2,1H3. The fourth-order valence-corrected chi connectivity index (χ4v) is 2.69. The highest BCUT2D eigenvalue weighted by atomic mass is 35.5. The highest BCUT2D eigenvalue weighted by Crippen LogP contribution is 2.22. The van der Waals surface area contributed by atoms with Crippen LogP contribution in [0.15, 0.2) is 48.7 Å². The molecule has 1 heterocycles. The lowest BCUT2D eigenvalue weighted by Gasteiger charge is -2.03. The topological polar surface area (TPSA) is 47.8 Å². The van der Waals surface area contributed by atoms with Crippen LogP contribution < -0.4 is 0 Å². The molecule has 3 aromatic rings. The predicted molar refractivity (Wildman–Crippen MR) is 91.0 cm³/mol. The molecule has 0 saturated carbocycles. The number of hydrogen-bond acceptors (Lipinski definition) is 3. The van der Waals surface area contributed by atoms with Crippen molar-refractivity contribution in [3.63, 3.8) is 0 Å². The van der Waals surface area contributed by atoms with Gasteiger partial charge in [-0.1, -0.05) is 58.2 Å². The zero-order valence-corrected chi connectivity index (χ0v) is 13.8. The molecular formula is C17H13Cl2N3O. The van der Waals surface area contributed by atoms with Gasteiger partial charge in [0.2, 0.25) is 0 Å². The third-order valence-corrected chi connectivity index (χ3v) is 3.97. The molecule has 0 atom stereocenters. The first-order chi connectivity index (χ1) is 11.0. The van der Waals surface area contributed by atoms with Crippen LogP contribution in [0.25, 0.3) is 11.3 Å². The molecule has 6 heteroatoms. The lowest BCUT2D eigenvalue weighted by Crippen LogP contribution is -2.11. The van der Waals surface area contributed by atoms with E-state index in [1.54, 1.807) is 24.4 Å². The summed E-state index contributed by atoms with van der Waals surface area (Å²) >= 11 is 11.9. The first-order valence-corrected chi connectivity index (χ1v) is 7.74. The van der Waals surface area contributed by atoms with E-state index in [4.69, 9.17) is 23.2 Å². The van der Waals surface area contributed by atoms with Crippen molar-refractivity contribution in [2.75, 3.05) is 0 Å². The van der Waals surface area contributed by atoms with Crippen LogP contribution in [0.2, 0.25) is 10.0 Å². The fourth-order valence-electron chi connectivity index (χ4n) is 2.18. The van der Waals surface area contributed by atoms with Gasteiger partial charge >= 0.3 is 0 Å². The maximum atomic E-state index is 12.3. The molecule has 0 radical (unpaired) electrons. The van der Waals surface area contributed by atoms with E-state index in [0.717, 1.165) is 11.3 Å². The first kappa shape index (κ1) is 15.7. The number of carbonyl (C=O) groups excluding carboxylic acids is 1. The molecule has 0 amide bonds. The van der Waals surface area contributed by atoms with Crippen LogP contribution in [0, 0.1) is 6.92 Å². The molecule has 116 valence electrons. The fraction of sp³-hybridized carbons (Fsp3) is 0.118. The number of halogens is 2. The molecule has 0 N–H and O–H groups in total. The Kier molecular flexibility index (Phi) is 4.46. The van der Waals surface area contributed by atoms with E-state index in [1.807, 2.05) is 31.2 Å². The maximum Gasteiger partial charge on any atom is 0.185 e. The van der Waals surface area contributed by atoms with Gasteiger partial charge in [0.05, 0.1) is 11.2 Å². The van der Waals surface area contributed by atoms with Crippen molar-refractivity contribution in [1.29, 1.82) is 0 Å². The SMILES string of the molecule is Cc1ccc(-c2cn(CC(=O)c3ccc(Cl)cc3Cl)nn2)cc1. The number of rotatable bonds is 4. The smallest absolute Gasteiger partial charge is 0.185 e. The van der Waals surface area contributed by atoms with Crippen LogP contribution in [-0.2, 0) is 6.54 Å². The molecule has 0 unspecified atom stereocenters. The Labute approximate surface area is 143 Å². The van der Waals surface area contributed by atoms with Crippen LogP contribution in [0.5, 0.6) is 0 Å². The van der Waals surface area contributed by atoms with Crippen molar-refractivity contribution in [1.82, 2.24) is 15.0 Å². The number of aromatic nitrogens is 3. The molecule has 1 aromatic heterocycles. The van der Waals surface area contributed by atoms with E-state index in [9.17, 15) is 4.79 Å². The Morgan fingerprint density at radius 3 is 2.57 bits per heavy atom. The Bertz CT molecular complexity index is 857. The molecule has 0 bridgehead atoms. The van der Waals surface area contributed by atoms with Gasteiger partial charge in [0.15, 0.2) is 5.78 Å². The molecule has 23 heavy (non-hydrogen) atoms. The molecule has 0 fully saturated rings. The summed E-state index contributed by atoms with van der Waals surface area (Å²) in [5, 5.41) is 8.94. The van der Waals surface area contributed by atoms with Crippen molar-refractivity contribution in [2.24, 2.45) is 0 Å². The molecule has 0 aliphatic carbocycles. The highest BCUT2D eigenvalue weighted by Gasteiger charge is 2.13. The monoisotopic (exact) mass is 345 g/mol. The summed E-state index contributed by atoms with van der Waals surface area (Å²) in [6.45, 7) is 2.09. The van der Waals surface area contributed by atoms with Gasteiger partial charge in [-0.25, -0.2) is 4.68 Å². The third kappa shape index (κ3) is 3.60. The molecule has 0 saturated heterocycles. The van der Waals surface area contributed by atoms with E-state index in [2.05, 4.69) is 10.3 Å². The van der Waals surface area contributed by atoms with Gasteiger partial charge in [-0.3, -0.25) is 4.79 Å². The van der Waals surface area contributed by atoms with Crippen LogP contribution in [0.4, 0.5) is 0 Å². The Morgan fingerprint density at radius 2 is 1.87 bits per heavy atom. The highest BCUT2D eigenvalue weighted by molar-refractivity contribution is 6.36. The quantitative estimate of drug-likeness (QED) is 0.656. The average Bonchev–Trinajstić information content (AvgIpc) is 2.96. The number of nitrogens with zero attached hydrogens (tertiary/aromatic N) is 3. The van der Waals surface area contributed by atoms with Gasteiger partial charge < -0.3 is 0 Å². The summed E-state index contributed by atoms with van der Waals surface area (Å²) in [7, 11) is 0. The summed E-state index contributed by atoms with van der Waals surface area (Å²) in [6, 6.07) is 12.8. The van der Waals surface area contributed by atoms with Crippen LogP contribution >= 0.6 is 23.2 Å². The molecule has 3 rings (SSSR count). The van der Waals surface area contributed by atoms with Crippen molar-refractivity contribution in [2.45, 2.75) is 13.5 Å². The second-order valence-corrected chi connectivity index (χ2v) is 6.06. The minimum Gasteiger partial charge on any atom is -0.292 e. The number of carbonyl (C=O) groups is 1. The van der Waals surface area contributed by atoms with Crippen LogP contribution in [-0.4, -0.2) is 20.8 Å². The summed E-state index contributed by atoms with van der Waals surface area (Å²) in [6.07, 6.45) is 1.74. The Balaban J connectivity index is 1.78. The maximum absolute atomic E-state index is 12.3. The van der Waals surface area contributed by atoms with Gasteiger partial charge in [0, 0.05) is 16.1 Å². The lowest BCUT2D eigenvalue weighted by molar-refractivity contribution is 0.0967. The third-order valence-electron chi connectivity index (χ3n) is 3.42. The van der Waals surface area contributed by atoms with E-state index in [0.29, 0.717) is 15.6 Å². The number of ketones is 1. The van der Waals surface area contributed by atoms with Crippen LogP contribution in [0.3, 0.4) is 0 Å². The second-order valence-electron chi connectivity index (χ2n) is 5.21. The van der Waals surface area contributed by atoms with Crippen molar-refractivity contribution >= 4 is 29.0 Å². The number of Topliss-reactive ketones (excluding diaryl/α,β-unsaturated/α-hetero) is 1. The van der Waals surface area contributed by atoms with Gasteiger partial charge in [0.1, 0.15) is 12.2 Å². The summed E-state index contributed by atoms with van der Waals surface area (Å²) < 4.78 is 1.50. The van der Waals surface area contributed by atoms with Crippen LogP contribution in [0.1, 0.15) is 15.9 Å². The molecule has 0 spiro atoms. The molecular weight excluding hydrogens is 333 g/mol. The van der Waals surface area contributed by atoms with Crippen molar-refractivity contribution in [3.05, 3.63) is 69.8 Å². The van der Waals surface area contributed by atoms with Crippen molar-refractivity contribution < 1.29 is 4.79 Å². The number of hydrogen-bond donors (Lipinski definition) is 0. The lowest BCUT2D eigenvalue weighted by atomic mass is 10.1. The summed E-state index contributed by atoms with van der Waals surface area (Å²) in [5.74, 6) is -0.146. The van der Waals surface area contributed by atoms with Gasteiger partial charge in [-0.15, -0.1) is 5.10 Å². The first-order valence-electron chi connectivity index (χ1n) is 6.98. The van der Waals surface area contributed by atoms with E-state index >= 15 is 0 Å². The van der Waals surface area contributed by atoms with Gasteiger partial charge in [-0.2, -0.15) is 0 Å². The summed E-state index contributed by atoms with van der Waals surface area (Å²) in [5.41, 5.74) is 3.27. The average molecular weight is 346 g/mol. The number of benzene rings is 2. The second kappa shape index (κ2) is 6.52. The molecule has 2 aromatic carbocycles. The minimum absolute atomic E-state index is 0.0697. The predicted octanol–water partition coefficient (Wildman–Crippen LogP) is 4.44. The number of aryl methyl sites for hydroxylation is 1. The summed E-state index contributed by atoms with van der Waals surface area (Å²) in [4.78, 5) is 12.3. The zero-order valence-electron chi connectivity index (χ0n) is 12.3. The minimum atomic E-state index is -0.146. The molecule has 4 nitrogen and oxygen atoms in total. The largest absolute Gasteiger partial charge is 0.292 e. The van der Waals surface area contributed by atoms with E-state index in [1.165, 1.54) is 10.2 Å². The zero-order chi connectivity index (χ0) is 16.4. The van der Waals surface area contributed by atoms with Gasteiger partial charge in [0.25, 0.3) is 0 Å². The Morgan fingerprint density at radius 1 is 1.13 bits per heavy atom. The van der Waals surface area contributed by atoms with Crippen molar-refractivity contribution in [3.8, 4) is 11.3 Å². The normalized spacial score (nSPS) is 10.7. The molecule has 0 aliphatic heterocycles. The van der Waals surface area contributed by atoms with E-state index in [-0.39, 0.29) is 12.3 Å². The van der Waals surface area contributed by atoms with Gasteiger partial charge in [-0.05, 0) is 25.1 Å². The molecule has 0 aliphatic rings. The van der Waals surface area contributed by atoms with E-state index < -0.39 is 0 Å².